The quantitative estimate of drug-likeness (QED) is 0.193. The van der Waals surface area contributed by atoms with E-state index in [1.165, 1.54) is 35.0 Å². The first-order valence-corrected chi connectivity index (χ1v) is 13.4. The van der Waals surface area contributed by atoms with Gasteiger partial charge in [0.1, 0.15) is 29.9 Å². The number of nitrogens with one attached hydrogen (secondary N) is 1. The lowest BCUT2D eigenvalue weighted by Gasteiger charge is -2.49. The number of thiazole rings is 1. The number of carboxylic acid groups (broad SMARTS) is 1. The third kappa shape index (κ3) is 4.91. The number of aliphatic carboxylic acids is 1. The molecule has 1 fully saturated rings. The largest absolute Gasteiger partial charge is 0.870 e. The molecular weight excluding hydrogens is 520 g/mol. The van der Waals surface area contributed by atoms with E-state index in [1.54, 1.807) is 5.38 Å². The number of thioether (sulfide) groups is 1. The number of nitrogens with two attached hydrogens (primary N) is 1. The molecule has 196 valence electrons. The number of nitrogen functional groups attached to an aromatic ring is 1. The molecule has 12 nitrogen and oxygen atoms in total. The SMILES string of the molecule is CO/N=C(\C(=O)N[C@@H]1C(=O)N2C(C(=O)O)=C(C[n+]3cccc4c3CCCC4)CS[C@H]12)c1csc(N)n1.[OH-]. The average Bonchev–Trinajstić information content (AvgIpc) is 3.31. The minimum atomic E-state index is -1.15. The summed E-state index contributed by atoms with van der Waals surface area (Å²) in [5.74, 6) is -1.86. The molecule has 2 aromatic heterocycles. The van der Waals surface area contributed by atoms with E-state index in [4.69, 9.17) is 10.6 Å². The number of β-lactam (4-membered cyclic amide) rings is 1. The van der Waals surface area contributed by atoms with Gasteiger partial charge in [-0.1, -0.05) is 5.16 Å². The molecule has 3 aliphatic rings. The summed E-state index contributed by atoms with van der Waals surface area (Å²) in [6.45, 7) is 0.404. The van der Waals surface area contributed by atoms with Crippen molar-refractivity contribution in [3.8, 4) is 0 Å². The van der Waals surface area contributed by atoms with E-state index >= 15 is 0 Å². The van der Waals surface area contributed by atoms with E-state index in [1.807, 2.05) is 12.3 Å². The fraction of sp³-hybridized carbons (Fsp3) is 0.391. The number of carboxylic acids is 1. The number of aryl methyl sites for hydroxylation is 1. The Labute approximate surface area is 220 Å². The zero-order valence-electron chi connectivity index (χ0n) is 19.9. The van der Waals surface area contributed by atoms with Gasteiger partial charge in [0, 0.05) is 34.8 Å². The fourth-order valence-corrected chi connectivity index (χ4v) is 6.72. The molecular formula is C23H26N6O6S2. The molecule has 0 unspecified atom stereocenters. The maximum atomic E-state index is 13.1. The van der Waals surface area contributed by atoms with Crippen LogP contribution in [-0.4, -0.2) is 68.2 Å². The molecule has 2 atom stereocenters. The maximum absolute atomic E-state index is 13.1. The van der Waals surface area contributed by atoms with Gasteiger partial charge in [-0.3, -0.25) is 14.5 Å². The molecule has 2 aromatic rings. The van der Waals surface area contributed by atoms with E-state index in [2.05, 4.69) is 26.1 Å². The second-order valence-electron chi connectivity index (χ2n) is 8.63. The van der Waals surface area contributed by atoms with Gasteiger partial charge < -0.3 is 26.5 Å². The first-order valence-electron chi connectivity index (χ1n) is 11.4. The van der Waals surface area contributed by atoms with E-state index < -0.39 is 29.2 Å². The summed E-state index contributed by atoms with van der Waals surface area (Å²) in [6.07, 6.45) is 6.20. The highest BCUT2D eigenvalue weighted by Gasteiger charge is 2.55. The van der Waals surface area contributed by atoms with Crippen LogP contribution >= 0.6 is 23.1 Å². The van der Waals surface area contributed by atoms with Crippen molar-refractivity contribution in [3.63, 3.8) is 0 Å². The lowest BCUT2D eigenvalue weighted by atomic mass is 9.95. The first-order chi connectivity index (χ1) is 17.4. The topological polar surface area (TPSA) is 181 Å². The smallest absolute Gasteiger partial charge is 0.352 e. The molecule has 0 bridgehead atoms. The molecule has 1 aliphatic carbocycles. The van der Waals surface area contributed by atoms with Crippen LogP contribution in [0.5, 0.6) is 0 Å². The minimum absolute atomic E-state index is 0. The van der Waals surface area contributed by atoms with Crippen molar-refractivity contribution in [3.05, 3.63) is 51.9 Å². The number of pyridine rings is 1. The summed E-state index contributed by atoms with van der Waals surface area (Å²) in [4.78, 5) is 48.4. The number of aromatic nitrogens is 2. The van der Waals surface area contributed by atoms with Gasteiger partial charge in [0.2, 0.25) is 0 Å². The molecule has 37 heavy (non-hydrogen) atoms. The van der Waals surface area contributed by atoms with Crippen LogP contribution in [0.3, 0.4) is 0 Å². The van der Waals surface area contributed by atoms with Gasteiger partial charge >= 0.3 is 5.97 Å². The Morgan fingerprint density at radius 2 is 2.16 bits per heavy atom. The summed E-state index contributed by atoms with van der Waals surface area (Å²) in [7, 11) is 1.30. The summed E-state index contributed by atoms with van der Waals surface area (Å²) in [6, 6.07) is 3.21. The highest BCUT2D eigenvalue weighted by Crippen LogP contribution is 2.40. The number of anilines is 1. The molecule has 5 rings (SSSR count). The number of carbonyl (C=O) groups is 3. The predicted molar refractivity (Wildman–Crippen MR) is 135 cm³/mol. The van der Waals surface area contributed by atoms with Gasteiger partial charge in [-0.25, -0.2) is 9.78 Å². The van der Waals surface area contributed by atoms with Crippen LogP contribution in [-0.2, 0) is 38.6 Å². The van der Waals surface area contributed by atoms with Gasteiger partial charge in [-0.2, -0.15) is 4.57 Å². The van der Waals surface area contributed by atoms with E-state index in [0.29, 0.717) is 17.9 Å². The lowest BCUT2D eigenvalue weighted by Crippen LogP contribution is -2.71. The Morgan fingerprint density at radius 1 is 1.38 bits per heavy atom. The van der Waals surface area contributed by atoms with Gasteiger partial charge in [0.05, 0.1) is 0 Å². The lowest BCUT2D eigenvalue weighted by molar-refractivity contribution is -0.697. The fourth-order valence-electron chi connectivity index (χ4n) is 4.83. The number of carbonyl (C=O) groups excluding carboxylic acids is 2. The normalized spacial score (nSPS) is 20.8. The van der Waals surface area contributed by atoms with Gasteiger partial charge in [0.15, 0.2) is 29.3 Å². The number of oxime groups is 1. The van der Waals surface area contributed by atoms with Gasteiger partial charge in [0.25, 0.3) is 11.8 Å². The number of rotatable bonds is 7. The highest BCUT2D eigenvalue weighted by atomic mass is 32.2. The summed E-state index contributed by atoms with van der Waals surface area (Å²) in [5, 5.41) is 17.7. The molecule has 0 spiro atoms. The van der Waals surface area contributed by atoms with E-state index in [9.17, 15) is 19.5 Å². The average molecular weight is 547 g/mol. The van der Waals surface area contributed by atoms with E-state index in [0.717, 1.165) is 37.0 Å². The molecule has 5 N–H and O–H groups in total. The van der Waals surface area contributed by atoms with Crippen LogP contribution in [0.4, 0.5) is 5.13 Å². The molecule has 0 aromatic carbocycles. The van der Waals surface area contributed by atoms with Crippen molar-refractivity contribution in [2.45, 2.75) is 43.6 Å². The third-order valence-electron chi connectivity index (χ3n) is 6.45. The number of nitrogens with zero attached hydrogens (tertiary/aromatic N) is 4. The molecule has 1 saturated heterocycles. The summed E-state index contributed by atoms with van der Waals surface area (Å²) < 4.78 is 2.10. The molecule has 0 saturated carbocycles. The van der Waals surface area contributed by atoms with Crippen LogP contribution in [0.2, 0.25) is 0 Å². The minimum Gasteiger partial charge on any atom is -0.870 e. The Bertz CT molecular complexity index is 1310. The first kappa shape index (κ1) is 26.6. The van der Waals surface area contributed by atoms with Crippen molar-refractivity contribution in [2.24, 2.45) is 5.16 Å². The second kappa shape index (κ2) is 10.9. The molecule has 2 aliphatic heterocycles. The zero-order valence-corrected chi connectivity index (χ0v) is 21.5. The number of hydrogen-bond donors (Lipinski definition) is 3. The standard InChI is InChI=1S/C23H24N6O5S2.H2O/c1-34-27-16(14-11-36-23(24)25-14)19(30)26-17-20(31)29-18(22(32)33)13(10-35-21(17)29)9-28-8-4-6-12-5-2-3-7-15(12)28;/h4,6,8,11,17,21H,2-3,5,7,9-10H2,1H3,(H3-,24,25,26,30,32,33);1H2/b27-16-;/t17-,21-;/m1./s1. The highest BCUT2D eigenvalue weighted by molar-refractivity contribution is 8.00. The van der Waals surface area contributed by atoms with Crippen LogP contribution in [0.1, 0.15) is 29.8 Å². The Morgan fingerprint density at radius 3 is 2.86 bits per heavy atom. The van der Waals surface area contributed by atoms with Crippen molar-refractivity contribution in [1.29, 1.82) is 0 Å². The van der Waals surface area contributed by atoms with Crippen molar-refractivity contribution >= 4 is 51.7 Å². The maximum Gasteiger partial charge on any atom is 0.352 e. The Hall–Kier alpha value is -3.49. The molecule has 0 radical (unpaired) electrons. The monoisotopic (exact) mass is 546 g/mol. The molecule has 14 heteroatoms. The third-order valence-corrected chi connectivity index (χ3v) is 8.46. The Balaban J connectivity index is 0.00000320. The summed E-state index contributed by atoms with van der Waals surface area (Å²) >= 11 is 2.57. The number of fused-ring (bicyclic) bond motifs is 2. The molecule has 2 amide bonds. The predicted octanol–water partition coefficient (Wildman–Crippen LogP) is 0.504. The van der Waals surface area contributed by atoms with Crippen LogP contribution in [0.15, 0.2) is 40.1 Å². The van der Waals surface area contributed by atoms with Gasteiger partial charge in [-0.05, 0) is 25.3 Å². The number of amides is 2. The van der Waals surface area contributed by atoms with Crippen LogP contribution in [0, 0.1) is 0 Å². The van der Waals surface area contributed by atoms with Crippen LogP contribution in [0.25, 0.3) is 0 Å². The van der Waals surface area contributed by atoms with Crippen LogP contribution < -0.4 is 15.6 Å². The zero-order chi connectivity index (χ0) is 25.4. The summed E-state index contributed by atoms with van der Waals surface area (Å²) in [5.41, 5.74) is 8.96. The van der Waals surface area contributed by atoms with Crippen molar-refractivity contribution in [2.75, 3.05) is 18.6 Å². The second-order valence-corrected chi connectivity index (χ2v) is 10.6. The van der Waals surface area contributed by atoms with E-state index in [-0.39, 0.29) is 27.7 Å². The van der Waals surface area contributed by atoms with Gasteiger partial charge in [-0.15, -0.1) is 23.1 Å². The molecule has 4 heterocycles. The number of hydrogen-bond acceptors (Lipinski definition) is 10. The van der Waals surface area contributed by atoms with Crippen molar-refractivity contribution in [1.82, 2.24) is 15.2 Å². The Kier molecular flexibility index (Phi) is 7.80. The van der Waals surface area contributed by atoms with Crippen molar-refractivity contribution < 1.29 is 34.4 Å².